The summed E-state index contributed by atoms with van der Waals surface area (Å²) >= 11 is 0. The Hall–Kier alpha value is -5.30. The number of carbonyl (C=O) groups excluding carboxylic acids is 2. The summed E-state index contributed by atoms with van der Waals surface area (Å²) < 4.78 is 82.7. The predicted octanol–water partition coefficient (Wildman–Crippen LogP) is 8.69. The lowest BCUT2D eigenvalue weighted by Crippen LogP contribution is -2.55. The van der Waals surface area contributed by atoms with Crippen LogP contribution in [0.4, 0.5) is 26.3 Å². The van der Waals surface area contributed by atoms with Crippen LogP contribution < -0.4 is 10.6 Å². The molecule has 0 spiro atoms. The Morgan fingerprint density at radius 3 is 1.28 bits per heavy atom. The molecule has 0 saturated heterocycles. The van der Waals surface area contributed by atoms with Crippen molar-refractivity contribution in [3.8, 4) is 0 Å². The van der Waals surface area contributed by atoms with Gasteiger partial charge in [0, 0.05) is 21.5 Å². The summed E-state index contributed by atoms with van der Waals surface area (Å²) in [4.78, 5) is 37.7. The van der Waals surface area contributed by atoms with E-state index < -0.39 is 47.6 Å². The molecule has 13 heteroatoms. The maximum atomic E-state index is 13.8. The molecular weight excluding hydrogens is 660 g/mol. The van der Waals surface area contributed by atoms with Crippen molar-refractivity contribution >= 4 is 55.4 Å². The number of para-hydroxylation sites is 4. The first-order valence-corrected chi connectivity index (χ1v) is 15.8. The molecule has 50 heavy (non-hydrogen) atoms. The maximum absolute atomic E-state index is 13.8. The molecule has 2 atom stereocenters. The summed E-state index contributed by atoms with van der Waals surface area (Å²) in [6.07, 6.45) is -9.80. The molecule has 0 radical (unpaired) electrons. The third-order valence-corrected chi connectivity index (χ3v) is 8.79. The van der Waals surface area contributed by atoms with Crippen molar-refractivity contribution in [3.63, 3.8) is 0 Å². The number of aromatic nitrogens is 2. The lowest BCUT2D eigenvalue weighted by atomic mass is 10.0. The first-order chi connectivity index (χ1) is 23.7. The third-order valence-electron chi connectivity index (χ3n) is 8.79. The second kappa shape index (κ2) is 13.2. The predicted molar refractivity (Wildman–Crippen MR) is 179 cm³/mol. The van der Waals surface area contributed by atoms with E-state index >= 15 is 0 Å². The number of hydrogen-bond acceptors (Lipinski definition) is 5. The molecule has 0 aliphatic heterocycles. The number of halogens is 6. The van der Waals surface area contributed by atoms with E-state index in [1.807, 2.05) is 13.8 Å². The van der Waals surface area contributed by atoms with E-state index in [0.29, 0.717) is 23.6 Å². The molecule has 7 nitrogen and oxygen atoms in total. The van der Waals surface area contributed by atoms with Gasteiger partial charge in [-0.15, -0.1) is 0 Å². The van der Waals surface area contributed by atoms with Crippen LogP contribution in [0.5, 0.6) is 0 Å². The zero-order chi connectivity index (χ0) is 36.0. The van der Waals surface area contributed by atoms with Crippen LogP contribution in [0, 0.1) is 0 Å². The Labute approximate surface area is 282 Å². The Kier molecular flexibility index (Phi) is 9.12. The fraction of sp³-hybridized carbons (Fsp3) is 0.243. The highest BCUT2D eigenvalue weighted by Gasteiger charge is 2.35. The molecular formula is C37H31F6N5O2. The van der Waals surface area contributed by atoms with Crippen molar-refractivity contribution in [1.82, 2.24) is 25.5 Å². The topological polar surface area (TPSA) is 87.2 Å². The number of nitrogens with one attached hydrogen (secondary N) is 2. The second-order valence-corrected chi connectivity index (χ2v) is 11.9. The fourth-order valence-electron chi connectivity index (χ4n) is 6.25. The zero-order valence-electron chi connectivity index (χ0n) is 27.1. The van der Waals surface area contributed by atoms with E-state index in [1.54, 1.807) is 48.3 Å². The lowest BCUT2D eigenvalue weighted by molar-refractivity contribution is -0.137. The van der Waals surface area contributed by atoms with Crippen molar-refractivity contribution in [1.29, 1.82) is 0 Å². The Balaban J connectivity index is 1.27. The molecule has 2 heterocycles. The van der Waals surface area contributed by atoms with E-state index in [-0.39, 0.29) is 44.0 Å². The summed E-state index contributed by atoms with van der Waals surface area (Å²) in [5, 5.41) is 7.39. The number of rotatable bonds is 8. The molecule has 0 saturated carbocycles. The summed E-state index contributed by atoms with van der Waals surface area (Å²) in [7, 11) is 1.69. The van der Waals surface area contributed by atoms with E-state index in [0.717, 1.165) is 12.1 Å². The van der Waals surface area contributed by atoms with Crippen LogP contribution in [-0.4, -0.2) is 46.1 Å². The van der Waals surface area contributed by atoms with Gasteiger partial charge in [0.05, 0.1) is 56.7 Å². The summed E-state index contributed by atoms with van der Waals surface area (Å²) in [5.41, 5.74) is -1.97. The van der Waals surface area contributed by atoms with Gasteiger partial charge in [-0.25, -0.2) is 9.97 Å². The third kappa shape index (κ3) is 6.52. The minimum Gasteiger partial charge on any atom is -0.336 e. The average Bonchev–Trinajstić information content (AvgIpc) is 3.08. The molecule has 2 amide bonds. The second-order valence-electron chi connectivity index (χ2n) is 11.9. The Morgan fingerprint density at radius 1 is 0.600 bits per heavy atom. The van der Waals surface area contributed by atoms with Crippen LogP contribution in [0.25, 0.3) is 43.6 Å². The molecule has 0 aliphatic carbocycles. The van der Waals surface area contributed by atoms with Crippen LogP contribution in [0.1, 0.15) is 58.5 Å². The van der Waals surface area contributed by atoms with Crippen molar-refractivity contribution in [2.75, 3.05) is 7.05 Å². The molecule has 0 aliphatic rings. The monoisotopic (exact) mass is 691 g/mol. The van der Waals surface area contributed by atoms with Gasteiger partial charge >= 0.3 is 12.4 Å². The number of alkyl halides is 6. The SMILES string of the molecule is CCC(NC(=O)c1cccc2cc3cccc(C(F)(F)F)c3nc12)N(C)C(CC)NC(=O)c1cccc2cc3cccc(C(F)(F)F)c3nc12. The molecule has 0 bridgehead atoms. The molecule has 2 N–H and O–H groups in total. The Morgan fingerprint density at radius 2 is 0.940 bits per heavy atom. The zero-order valence-corrected chi connectivity index (χ0v) is 27.1. The summed E-state index contributed by atoms with van der Waals surface area (Å²) in [6.45, 7) is 3.64. The highest BCUT2D eigenvalue weighted by molar-refractivity contribution is 6.09. The molecule has 6 aromatic rings. The van der Waals surface area contributed by atoms with Gasteiger partial charge in [-0.1, -0.05) is 62.4 Å². The quantitative estimate of drug-likeness (QED) is 0.0948. The molecule has 2 unspecified atom stereocenters. The van der Waals surface area contributed by atoms with Crippen molar-refractivity contribution in [2.24, 2.45) is 0 Å². The Bertz CT molecular complexity index is 2110. The van der Waals surface area contributed by atoms with Gasteiger partial charge in [-0.05, 0) is 56.3 Å². The van der Waals surface area contributed by atoms with Gasteiger partial charge in [0.2, 0.25) is 0 Å². The smallest absolute Gasteiger partial charge is 0.336 e. The molecule has 6 rings (SSSR count). The van der Waals surface area contributed by atoms with Crippen molar-refractivity contribution in [3.05, 3.63) is 107 Å². The van der Waals surface area contributed by atoms with Crippen molar-refractivity contribution < 1.29 is 35.9 Å². The van der Waals surface area contributed by atoms with Crippen LogP contribution in [0.3, 0.4) is 0 Å². The van der Waals surface area contributed by atoms with Crippen LogP contribution in [0.2, 0.25) is 0 Å². The van der Waals surface area contributed by atoms with Gasteiger partial charge in [-0.2, -0.15) is 26.3 Å². The minimum absolute atomic E-state index is 0.0811. The maximum Gasteiger partial charge on any atom is 0.418 e. The summed E-state index contributed by atoms with van der Waals surface area (Å²) in [5.74, 6) is -1.14. The van der Waals surface area contributed by atoms with Gasteiger partial charge < -0.3 is 10.6 Å². The molecule has 2 aromatic heterocycles. The van der Waals surface area contributed by atoms with E-state index in [1.165, 1.54) is 36.4 Å². The van der Waals surface area contributed by atoms with Crippen LogP contribution >= 0.6 is 0 Å². The normalized spacial score (nSPS) is 13.6. The highest BCUT2D eigenvalue weighted by atomic mass is 19.4. The standard InChI is InChI=1S/C37H31F6N5O2/c1-4-28(44-34(49)24-14-6-10-20-18-22-12-8-16-26(36(38,39)40)32(22)46-30(20)24)48(3)29(5-2)45-35(50)25-15-7-11-21-19-23-13-9-17-27(37(41,42)43)33(23)47-31(21)25/h6-19,28-29H,4-5H2,1-3H3,(H,44,49)(H,45,50). The lowest BCUT2D eigenvalue weighted by Gasteiger charge is -2.35. The van der Waals surface area contributed by atoms with Gasteiger partial charge in [-0.3, -0.25) is 14.5 Å². The number of carbonyl (C=O) groups is 2. The number of amides is 2. The van der Waals surface area contributed by atoms with Gasteiger partial charge in [0.15, 0.2) is 0 Å². The molecule has 258 valence electrons. The van der Waals surface area contributed by atoms with E-state index in [2.05, 4.69) is 20.6 Å². The van der Waals surface area contributed by atoms with Gasteiger partial charge in [0.1, 0.15) is 0 Å². The average molecular weight is 692 g/mol. The largest absolute Gasteiger partial charge is 0.418 e. The minimum atomic E-state index is -4.64. The van der Waals surface area contributed by atoms with E-state index in [9.17, 15) is 35.9 Å². The van der Waals surface area contributed by atoms with Gasteiger partial charge in [0.25, 0.3) is 11.8 Å². The number of nitrogens with zero attached hydrogens (tertiary/aromatic N) is 3. The van der Waals surface area contributed by atoms with Crippen LogP contribution in [-0.2, 0) is 12.4 Å². The fourth-order valence-corrected chi connectivity index (χ4v) is 6.25. The molecule has 0 fully saturated rings. The van der Waals surface area contributed by atoms with Crippen molar-refractivity contribution in [2.45, 2.75) is 51.4 Å². The number of benzene rings is 4. The number of pyridine rings is 2. The first-order valence-electron chi connectivity index (χ1n) is 15.8. The van der Waals surface area contributed by atoms with E-state index in [4.69, 9.17) is 0 Å². The number of hydrogen-bond donors (Lipinski definition) is 2. The molecule has 4 aromatic carbocycles. The number of fused-ring (bicyclic) bond motifs is 4. The summed E-state index contributed by atoms with van der Waals surface area (Å²) in [6, 6.07) is 20.2. The first kappa shape index (κ1) is 34.6. The highest BCUT2D eigenvalue weighted by Crippen LogP contribution is 2.36. The van der Waals surface area contributed by atoms with Crippen LogP contribution in [0.15, 0.2) is 84.9 Å².